The molecule has 1 radical (unpaired) electrons. The maximum atomic E-state index is 7.79. The molecule has 0 N–H and O–H groups in total. The first-order chi connectivity index (χ1) is 23.1. The van der Waals surface area contributed by atoms with Crippen molar-refractivity contribution in [2.75, 3.05) is 6.54 Å². The summed E-state index contributed by atoms with van der Waals surface area (Å²) in [4.78, 5) is 6.10. The fourth-order valence-corrected chi connectivity index (χ4v) is 11.3. The van der Waals surface area contributed by atoms with Crippen molar-refractivity contribution in [2.24, 2.45) is 51.3 Å². The van der Waals surface area contributed by atoms with Gasteiger partial charge in [0, 0.05) is 41.1 Å². The van der Waals surface area contributed by atoms with Gasteiger partial charge in [-0.2, -0.15) is 11.6 Å². The van der Waals surface area contributed by atoms with Crippen LogP contribution < -0.4 is 0 Å². The van der Waals surface area contributed by atoms with Crippen LogP contribution in [0, 0.1) is 58.8 Å². The number of thioether (sulfide) groups is 1. The largest absolute Gasteiger partial charge is 0.769 e. The number of ether oxygens (including phenoxy) is 1. The van der Waals surface area contributed by atoms with Gasteiger partial charge in [0.25, 0.3) is 0 Å². The van der Waals surface area contributed by atoms with Gasteiger partial charge in [0.15, 0.2) is 6.23 Å². The molecule has 2 saturated heterocycles. The van der Waals surface area contributed by atoms with Crippen molar-refractivity contribution >= 4 is 17.5 Å². The van der Waals surface area contributed by atoms with E-state index in [1.165, 1.54) is 47.4 Å². The standard InChI is InChI=1S/C27H38N2OS.C14H21N.Ir/c1-15-9-10-17-16-7-6-8-18(23(16)30-25(17)28-15)19-11-12-20-22(29-19)21-24(31-20)27(4,5)14-13-26(21,2)3;1-10-4-6-13(7-5-10)14-8-11(2)12(3)9-15-14;/h8,12,16-17,19,21-22,24-25H,6-7,9-11,13-14H2,1-5H3;8,10-12H,4-6,9H2,1-3H3;/q2*-2;/t16?,17?,19-,21?,22+,24?,25?;10-,11?,12-;/m11./s1/i1D3;;. The molecule has 3 fully saturated rings. The molecule has 3 aliphatic carbocycles. The van der Waals surface area contributed by atoms with E-state index in [1.807, 2.05) is 0 Å². The molecule has 263 valence electrons. The van der Waals surface area contributed by atoms with E-state index < -0.39 is 6.85 Å². The minimum atomic E-state index is -2.11. The van der Waals surface area contributed by atoms with E-state index in [0.29, 0.717) is 63.8 Å². The van der Waals surface area contributed by atoms with Gasteiger partial charge in [-0.05, 0) is 78.2 Å². The second-order valence-electron chi connectivity index (χ2n) is 17.2. The van der Waals surface area contributed by atoms with E-state index in [9.17, 15) is 0 Å². The van der Waals surface area contributed by atoms with Crippen LogP contribution in [-0.2, 0) is 24.8 Å². The van der Waals surface area contributed by atoms with Crippen LogP contribution in [0.3, 0.4) is 0 Å². The van der Waals surface area contributed by atoms with E-state index in [0.717, 1.165) is 50.3 Å². The van der Waals surface area contributed by atoms with Crippen LogP contribution in [0.2, 0.25) is 0 Å². The van der Waals surface area contributed by atoms with Crippen molar-refractivity contribution in [2.45, 2.75) is 143 Å². The first-order valence-electron chi connectivity index (χ1n) is 20.0. The number of nitrogens with zero attached hydrogens (tertiary/aromatic N) is 3. The molecule has 5 heterocycles. The zero-order valence-corrected chi connectivity index (χ0v) is 33.0. The molecule has 0 spiro atoms. The first kappa shape index (κ1) is 32.0. The molecule has 0 bridgehead atoms. The molecule has 10 atom stereocenters. The van der Waals surface area contributed by atoms with Crippen molar-refractivity contribution in [3.63, 3.8) is 0 Å². The predicted molar refractivity (Wildman–Crippen MR) is 194 cm³/mol. The smallest absolute Gasteiger partial charge is 0.171 e. The third kappa shape index (κ3) is 7.02. The van der Waals surface area contributed by atoms with E-state index >= 15 is 0 Å². The molecule has 8 aliphatic rings. The number of allylic oxidation sites excluding steroid dienone is 4. The average molecular weight is 837 g/mol. The van der Waals surface area contributed by atoms with Crippen molar-refractivity contribution < 1.29 is 29.0 Å². The molecule has 6 heteroatoms. The van der Waals surface area contributed by atoms with Gasteiger partial charge in [-0.3, -0.25) is 11.1 Å². The Hall–Kier alpha value is -0.941. The Morgan fingerprint density at radius 1 is 1.09 bits per heavy atom. The normalized spacial score (nSPS) is 42.4. The van der Waals surface area contributed by atoms with Crippen LogP contribution in [0.4, 0.5) is 0 Å². The zero-order chi connectivity index (χ0) is 34.9. The van der Waals surface area contributed by atoms with Crippen LogP contribution in [0.15, 0.2) is 44.7 Å². The quantitative estimate of drug-likeness (QED) is 0.260. The molecule has 8 rings (SSSR count). The zero-order valence-electron chi connectivity index (χ0n) is 32.8. The number of hydrogen-bond donors (Lipinski definition) is 0. The molecule has 0 aromatic heterocycles. The summed E-state index contributed by atoms with van der Waals surface area (Å²) in [6.07, 6.45) is 21.1. The molecule has 1 saturated carbocycles. The Kier molecular flexibility index (Phi) is 9.53. The Morgan fingerprint density at radius 2 is 1.89 bits per heavy atom. The van der Waals surface area contributed by atoms with Crippen LogP contribution in [0.5, 0.6) is 0 Å². The summed E-state index contributed by atoms with van der Waals surface area (Å²) in [6, 6.07) is 0.451. The minimum Gasteiger partial charge on any atom is -0.769 e. The van der Waals surface area contributed by atoms with E-state index in [4.69, 9.17) is 14.2 Å². The number of hydrogen-bond acceptors (Lipinski definition) is 3. The molecule has 4 nitrogen and oxygen atoms in total. The SMILES string of the molecule is CC1C=C(C2=[C-]C[C@H](C)CC2)[N-]C[C@H]1C.[2H]C([2H])([2H])C1=NC2OC3=C([C@H]4CC=C5SC6C([C@H]5[N-]4)C(C)(C)CCC6(C)C)[CH-]CCC3C2CC1.[Ir]. The predicted octanol–water partition coefficient (Wildman–Crippen LogP) is 11.1. The molecule has 6 unspecified atom stereocenters. The Balaban J connectivity index is 0.000000227. The summed E-state index contributed by atoms with van der Waals surface area (Å²) in [7, 11) is 0. The fraction of sp³-hybridized carbons (Fsp3) is 0.756. The van der Waals surface area contributed by atoms with E-state index in [1.54, 1.807) is 0 Å². The summed E-state index contributed by atoms with van der Waals surface area (Å²) in [5.74, 6) is 4.52. The number of fused-ring (bicyclic) bond motifs is 6. The second-order valence-corrected chi connectivity index (χ2v) is 18.4. The van der Waals surface area contributed by atoms with Crippen molar-refractivity contribution in [3.8, 4) is 0 Å². The minimum absolute atomic E-state index is 0. The molecule has 0 aromatic rings. The molecule has 0 aromatic carbocycles. The van der Waals surface area contributed by atoms with E-state index in [-0.39, 0.29) is 32.4 Å². The van der Waals surface area contributed by atoms with Gasteiger partial charge < -0.3 is 21.1 Å². The van der Waals surface area contributed by atoms with Crippen LogP contribution >= 0.6 is 11.8 Å². The monoisotopic (exact) mass is 837 g/mol. The van der Waals surface area contributed by atoms with Gasteiger partial charge in [0.1, 0.15) is 0 Å². The van der Waals surface area contributed by atoms with Crippen LogP contribution in [0.1, 0.15) is 124 Å². The Bertz CT molecular complexity index is 1450. The molecule has 0 amide bonds. The summed E-state index contributed by atoms with van der Waals surface area (Å²) in [5, 5.41) is 10.9. The third-order valence-electron chi connectivity index (χ3n) is 12.9. The van der Waals surface area contributed by atoms with Crippen LogP contribution in [0.25, 0.3) is 10.6 Å². The molecular formula is C41H59IrN3OS-4. The van der Waals surface area contributed by atoms with E-state index in [2.05, 4.69) is 95.2 Å². The Morgan fingerprint density at radius 3 is 2.64 bits per heavy atom. The topological polar surface area (TPSA) is 49.8 Å². The number of rotatable bonds is 2. The third-order valence-corrected chi connectivity index (χ3v) is 14.7. The van der Waals surface area contributed by atoms with Crippen molar-refractivity contribution in [1.82, 2.24) is 0 Å². The summed E-state index contributed by atoms with van der Waals surface area (Å²) in [5.41, 5.74) is 4.88. The average Bonchev–Trinajstić information content (AvgIpc) is 3.65. The van der Waals surface area contributed by atoms with Gasteiger partial charge >= 0.3 is 0 Å². The fourth-order valence-electron chi connectivity index (χ4n) is 9.39. The van der Waals surface area contributed by atoms with Crippen molar-refractivity contribution in [1.29, 1.82) is 0 Å². The van der Waals surface area contributed by atoms with Gasteiger partial charge in [-0.25, -0.2) is 12.0 Å². The van der Waals surface area contributed by atoms with Gasteiger partial charge in [0.2, 0.25) is 0 Å². The first-order valence-corrected chi connectivity index (χ1v) is 19.4. The Labute approximate surface area is 308 Å². The maximum absolute atomic E-state index is 7.79. The summed E-state index contributed by atoms with van der Waals surface area (Å²) >= 11 is 2.11. The second kappa shape index (κ2) is 14.0. The summed E-state index contributed by atoms with van der Waals surface area (Å²) in [6.45, 7) is 15.6. The van der Waals surface area contributed by atoms with Gasteiger partial charge in [-0.1, -0.05) is 91.7 Å². The molecular weight excluding hydrogens is 775 g/mol. The van der Waals surface area contributed by atoms with Crippen molar-refractivity contribution in [3.05, 3.63) is 62.8 Å². The van der Waals surface area contributed by atoms with Gasteiger partial charge in [0.05, 0.1) is 0 Å². The molecule has 47 heavy (non-hydrogen) atoms. The molecule has 5 aliphatic heterocycles. The number of aliphatic imine (C=N–C) groups is 1. The summed E-state index contributed by atoms with van der Waals surface area (Å²) < 4.78 is 29.8. The maximum Gasteiger partial charge on any atom is 0.171 e. The van der Waals surface area contributed by atoms with Gasteiger partial charge in [-0.15, -0.1) is 37.2 Å². The van der Waals surface area contributed by atoms with Crippen LogP contribution in [-0.4, -0.2) is 35.8 Å².